The van der Waals surface area contributed by atoms with Crippen molar-refractivity contribution in [3.8, 4) is 5.75 Å². The zero-order valence-corrected chi connectivity index (χ0v) is 18.9. The first-order chi connectivity index (χ1) is 15.1. The Balaban J connectivity index is 1.55. The minimum atomic E-state index is -3.96. The van der Waals surface area contributed by atoms with Crippen LogP contribution in [0, 0.1) is 17.0 Å². The Hall–Kier alpha value is -2.58. The summed E-state index contributed by atoms with van der Waals surface area (Å²) in [7, 11) is -7.56. The number of nitro benzene ring substituents is 1. The number of nitro groups is 1. The van der Waals surface area contributed by atoms with Crippen LogP contribution in [0.1, 0.15) is 5.56 Å². The SMILES string of the molecule is Cc1ccc(S(=O)(=O)NCCOc2ccc(S(=O)(=O)N3CCOCC3)cc2)cc1[N+](=O)[O-]. The maximum atomic E-state index is 12.6. The van der Waals surface area contributed by atoms with Crippen molar-refractivity contribution in [3.63, 3.8) is 0 Å². The molecule has 0 saturated carbocycles. The average molecular weight is 486 g/mol. The Bertz CT molecular complexity index is 1180. The third-order valence-corrected chi connectivity index (χ3v) is 8.15. The Morgan fingerprint density at radius 2 is 1.69 bits per heavy atom. The normalized spacial score (nSPS) is 15.4. The second-order valence-electron chi connectivity index (χ2n) is 6.94. The highest BCUT2D eigenvalue weighted by Crippen LogP contribution is 2.22. The highest BCUT2D eigenvalue weighted by molar-refractivity contribution is 7.89. The highest BCUT2D eigenvalue weighted by atomic mass is 32.2. The number of rotatable bonds is 9. The average Bonchev–Trinajstić information content (AvgIpc) is 2.77. The number of morpholine rings is 1. The van der Waals surface area contributed by atoms with Crippen molar-refractivity contribution in [1.29, 1.82) is 0 Å². The maximum absolute atomic E-state index is 12.6. The van der Waals surface area contributed by atoms with Crippen LogP contribution < -0.4 is 9.46 Å². The minimum Gasteiger partial charge on any atom is -0.492 e. The van der Waals surface area contributed by atoms with Crippen LogP contribution >= 0.6 is 0 Å². The van der Waals surface area contributed by atoms with E-state index in [9.17, 15) is 26.9 Å². The smallest absolute Gasteiger partial charge is 0.273 e. The van der Waals surface area contributed by atoms with Crippen molar-refractivity contribution in [1.82, 2.24) is 9.03 Å². The standard InChI is InChI=1S/C19H23N3O8S2/c1-15-2-5-18(14-19(15)22(23)24)31(25,26)20-8-11-30-16-3-6-17(7-4-16)32(27,28)21-9-12-29-13-10-21/h2-7,14,20H,8-13H2,1H3. The van der Waals surface area contributed by atoms with Crippen LogP contribution in [0.25, 0.3) is 0 Å². The van der Waals surface area contributed by atoms with Gasteiger partial charge in [0.25, 0.3) is 5.69 Å². The van der Waals surface area contributed by atoms with Gasteiger partial charge in [0, 0.05) is 31.3 Å². The molecule has 0 bridgehead atoms. The molecule has 0 atom stereocenters. The molecule has 0 radical (unpaired) electrons. The third-order valence-electron chi connectivity index (χ3n) is 4.78. The van der Waals surface area contributed by atoms with Crippen LogP contribution in [0.15, 0.2) is 52.3 Å². The van der Waals surface area contributed by atoms with E-state index in [2.05, 4.69) is 4.72 Å². The first kappa shape index (κ1) is 24.1. The first-order valence-electron chi connectivity index (χ1n) is 9.67. The summed E-state index contributed by atoms with van der Waals surface area (Å²) >= 11 is 0. The fraction of sp³-hybridized carbons (Fsp3) is 0.368. The number of nitrogens with one attached hydrogen (secondary N) is 1. The van der Waals surface area contributed by atoms with E-state index in [4.69, 9.17) is 9.47 Å². The van der Waals surface area contributed by atoms with E-state index in [-0.39, 0.29) is 28.6 Å². The Morgan fingerprint density at radius 3 is 2.31 bits per heavy atom. The predicted molar refractivity (Wildman–Crippen MR) is 115 cm³/mol. The van der Waals surface area contributed by atoms with Crippen LogP contribution in [-0.4, -0.2) is 65.5 Å². The highest BCUT2D eigenvalue weighted by Gasteiger charge is 2.26. The summed E-state index contributed by atoms with van der Waals surface area (Å²) in [5.41, 5.74) is 0.0765. The number of ether oxygens (including phenoxy) is 2. The van der Waals surface area contributed by atoms with Gasteiger partial charge < -0.3 is 9.47 Å². The Labute approximate surface area is 186 Å². The minimum absolute atomic E-state index is 0.0251. The molecule has 0 spiro atoms. The molecule has 1 aliphatic rings. The molecule has 1 N–H and O–H groups in total. The summed E-state index contributed by atoms with van der Waals surface area (Å²) in [5.74, 6) is 0.371. The van der Waals surface area contributed by atoms with Gasteiger partial charge in [-0.1, -0.05) is 6.07 Å². The van der Waals surface area contributed by atoms with Gasteiger partial charge in [-0.15, -0.1) is 0 Å². The quantitative estimate of drug-likeness (QED) is 0.318. The first-order valence-corrected chi connectivity index (χ1v) is 12.6. The van der Waals surface area contributed by atoms with E-state index in [1.165, 1.54) is 47.6 Å². The topological polar surface area (TPSA) is 145 Å². The number of benzene rings is 2. The van der Waals surface area contributed by atoms with Crippen molar-refractivity contribution in [3.05, 3.63) is 58.1 Å². The van der Waals surface area contributed by atoms with Crippen LogP contribution in [0.5, 0.6) is 5.75 Å². The lowest BCUT2D eigenvalue weighted by atomic mass is 10.2. The van der Waals surface area contributed by atoms with Gasteiger partial charge in [0.15, 0.2) is 0 Å². The van der Waals surface area contributed by atoms with E-state index in [1.54, 1.807) is 0 Å². The lowest BCUT2D eigenvalue weighted by Gasteiger charge is -2.26. The molecule has 174 valence electrons. The van der Waals surface area contributed by atoms with E-state index in [0.29, 0.717) is 37.6 Å². The molecule has 13 heteroatoms. The molecule has 11 nitrogen and oxygen atoms in total. The van der Waals surface area contributed by atoms with Gasteiger partial charge in [-0.05, 0) is 37.3 Å². The van der Waals surface area contributed by atoms with Gasteiger partial charge in [0.1, 0.15) is 12.4 Å². The van der Waals surface area contributed by atoms with Crippen LogP contribution in [0.4, 0.5) is 5.69 Å². The lowest BCUT2D eigenvalue weighted by molar-refractivity contribution is -0.385. The zero-order chi connectivity index (χ0) is 23.4. The van der Waals surface area contributed by atoms with Crippen molar-refractivity contribution in [2.45, 2.75) is 16.7 Å². The predicted octanol–water partition coefficient (Wildman–Crippen LogP) is 1.28. The number of sulfonamides is 2. The van der Waals surface area contributed by atoms with Gasteiger partial charge in [-0.3, -0.25) is 10.1 Å². The van der Waals surface area contributed by atoms with Gasteiger partial charge in [-0.2, -0.15) is 4.31 Å². The molecule has 0 unspecified atom stereocenters. The molecule has 0 aliphatic carbocycles. The number of hydrogen-bond acceptors (Lipinski definition) is 8. The van der Waals surface area contributed by atoms with E-state index < -0.39 is 25.0 Å². The summed E-state index contributed by atoms with van der Waals surface area (Å²) in [5, 5.41) is 11.0. The second-order valence-corrected chi connectivity index (χ2v) is 10.6. The third kappa shape index (κ3) is 5.61. The molecule has 1 saturated heterocycles. The van der Waals surface area contributed by atoms with Crippen LogP contribution in [0.3, 0.4) is 0 Å². The van der Waals surface area contributed by atoms with Gasteiger partial charge in [0.05, 0.1) is 27.9 Å². The second kappa shape index (κ2) is 9.92. The Kier molecular flexibility index (Phi) is 7.46. The maximum Gasteiger partial charge on any atom is 0.273 e. The molecular weight excluding hydrogens is 462 g/mol. The van der Waals surface area contributed by atoms with Crippen molar-refractivity contribution in [2.24, 2.45) is 0 Å². The van der Waals surface area contributed by atoms with E-state index in [1.807, 2.05) is 0 Å². The molecule has 2 aromatic rings. The summed E-state index contributed by atoms with van der Waals surface area (Å²) in [6.45, 7) is 2.71. The van der Waals surface area contributed by atoms with Gasteiger partial charge >= 0.3 is 0 Å². The number of hydrogen-bond donors (Lipinski definition) is 1. The monoisotopic (exact) mass is 485 g/mol. The van der Waals surface area contributed by atoms with Crippen molar-refractivity contribution in [2.75, 3.05) is 39.5 Å². The van der Waals surface area contributed by atoms with Gasteiger partial charge in [0.2, 0.25) is 20.0 Å². The summed E-state index contributed by atoms with van der Waals surface area (Å²) in [6.07, 6.45) is 0. The van der Waals surface area contributed by atoms with Crippen molar-refractivity contribution < 1.29 is 31.2 Å². The van der Waals surface area contributed by atoms with Gasteiger partial charge in [-0.25, -0.2) is 21.6 Å². The summed E-state index contributed by atoms with van der Waals surface area (Å²) < 4.78 is 64.3. The molecule has 1 heterocycles. The molecule has 3 rings (SSSR count). The molecule has 0 amide bonds. The summed E-state index contributed by atoms with van der Waals surface area (Å²) in [4.78, 5) is 10.3. The fourth-order valence-electron chi connectivity index (χ4n) is 3.03. The Morgan fingerprint density at radius 1 is 1.06 bits per heavy atom. The van der Waals surface area contributed by atoms with Crippen LogP contribution in [-0.2, 0) is 24.8 Å². The largest absolute Gasteiger partial charge is 0.492 e. The lowest BCUT2D eigenvalue weighted by Crippen LogP contribution is -2.40. The van der Waals surface area contributed by atoms with Crippen LogP contribution in [0.2, 0.25) is 0 Å². The molecule has 1 aliphatic heterocycles. The number of aryl methyl sites for hydroxylation is 1. The fourth-order valence-corrected chi connectivity index (χ4v) is 5.47. The van der Waals surface area contributed by atoms with E-state index >= 15 is 0 Å². The summed E-state index contributed by atoms with van der Waals surface area (Å²) in [6, 6.07) is 9.50. The number of nitrogens with zero attached hydrogens (tertiary/aromatic N) is 2. The molecule has 1 fully saturated rings. The molecule has 0 aromatic heterocycles. The molecular formula is C19H23N3O8S2. The van der Waals surface area contributed by atoms with Crippen molar-refractivity contribution >= 4 is 25.7 Å². The van der Waals surface area contributed by atoms with E-state index in [0.717, 1.165) is 6.07 Å². The molecule has 32 heavy (non-hydrogen) atoms. The molecule has 2 aromatic carbocycles. The zero-order valence-electron chi connectivity index (χ0n) is 17.3.